The van der Waals surface area contributed by atoms with Crippen LogP contribution in [0.25, 0.3) is 0 Å². The third-order valence-electron chi connectivity index (χ3n) is 10.9. The minimum Gasteiger partial charge on any atom is -0.462 e. The van der Waals surface area contributed by atoms with E-state index in [-0.39, 0.29) is 30.2 Å². The summed E-state index contributed by atoms with van der Waals surface area (Å²) >= 11 is 0. The van der Waals surface area contributed by atoms with Crippen LogP contribution in [0.15, 0.2) is 17.3 Å². The van der Waals surface area contributed by atoms with Crippen molar-refractivity contribution >= 4 is 11.7 Å². The van der Waals surface area contributed by atoms with E-state index in [1.807, 2.05) is 39.8 Å². The summed E-state index contributed by atoms with van der Waals surface area (Å²) in [6.07, 6.45) is -7.00. The summed E-state index contributed by atoms with van der Waals surface area (Å²) in [6.45, 7) is 18.8. The van der Waals surface area contributed by atoms with Crippen molar-refractivity contribution in [2.45, 2.75) is 148 Å². The van der Waals surface area contributed by atoms with Gasteiger partial charge in [0, 0.05) is 37.3 Å². The predicted octanol–water partition coefficient (Wildman–Crippen LogP) is 2.96. The third-order valence-corrected chi connectivity index (χ3v) is 10.9. The summed E-state index contributed by atoms with van der Waals surface area (Å²) < 4.78 is 37.1. The zero-order valence-electron chi connectivity index (χ0n) is 30.7. The summed E-state index contributed by atoms with van der Waals surface area (Å²) in [5, 5.41) is 46.9. The summed E-state index contributed by atoms with van der Waals surface area (Å²) in [5.41, 5.74) is 0.760. The molecule has 3 saturated heterocycles. The zero-order valence-corrected chi connectivity index (χ0v) is 30.7. The fourth-order valence-corrected chi connectivity index (χ4v) is 7.50. The number of aliphatic hydroxyl groups excluding tert-OH is 3. The highest BCUT2D eigenvalue weighted by atomic mass is 16.7. The van der Waals surface area contributed by atoms with Gasteiger partial charge in [0.25, 0.3) is 0 Å². The maximum Gasteiger partial charge on any atom is 0.311 e. The molecule has 0 saturated carbocycles. The molecule has 0 bridgehead atoms. The molecule has 3 rings (SSSR count). The Morgan fingerprint density at radius 1 is 0.833 bits per heavy atom. The molecule has 0 aromatic rings. The second kappa shape index (κ2) is 17.5. The summed E-state index contributed by atoms with van der Waals surface area (Å²) in [4.78, 5) is 15.8. The number of nitrogens with zero attached hydrogens (tertiary/aromatic N) is 2. The predicted molar refractivity (Wildman–Crippen MR) is 178 cm³/mol. The van der Waals surface area contributed by atoms with E-state index in [4.69, 9.17) is 28.4 Å². The summed E-state index contributed by atoms with van der Waals surface area (Å²) in [7, 11) is 5.32. The molecule has 0 unspecified atom stereocenters. The van der Waals surface area contributed by atoms with Gasteiger partial charge in [-0.1, -0.05) is 39.4 Å². The SMILES string of the molecule is C=C1C[C@H](C)[C@H](O[C@@H]2O[C@H](C)C[C@H](N(C)C)[C@@H]2O)[C@@H](C)[C@H](O[C@H]2C[C@@H](OC)[C@@H](O)[C@H](C)O2)[C@@H](C)C(=O)O[C@H](C)[C@H](C)[C@H](O)[C@@H](C)/C1=N/O. The quantitative estimate of drug-likeness (QED) is 0.183. The Balaban J connectivity index is 2.09. The molecular formula is C35H62N2O11. The molecule has 0 aromatic heterocycles. The van der Waals surface area contributed by atoms with Crippen LogP contribution in [0.5, 0.6) is 0 Å². The number of esters is 1. The number of oxime groups is 1. The van der Waals surface area contributed by atoms with Gasteiger partial charge in [0.05, 0.1) is 48.3 Å². The standard InChI is InChI=1S/C35H62N2O11/c1-16-13-17(2)32(48-35-31(40)25(37(10)11)14-18(3)44-35)21(6)33(47-27-15-26(43-12)30(39)24(9)45-27)22(7)34(41)46-23(8)19(4)29(38)20(5)28(16)36-42/h17-27,29-33,35,38-40,42H,1,13-15H2,2-12H3/b36-28+/t17-,18+,19-,20-,21+,22+,23+,24-,25-,26+,27-,29-,30-,31-,32-,33-,35-/m0/s1. The first kappa shape index (κ1) is 40.7. The van der Waals surface area contributed by atoms with Crippen molar-refractivity contribution in [3.63, 3.8) is 0 Å². The van der Waals surface area contributed by atoms with Crippen molar-refractivity contribution in [1.29, 1.82) is 0 Å². The topological polar surface area (TPSA) is 169 Å². The van der Waals surface area contributed by atoms with Crippen molar-refractivity contribution in [3.05, 3.63) is 12.2 Å². The number of rotatable bonds is 6. The normalized spacial score (nSPS) is 46.7. The van der Waals surface area contributed by atoms with Crippen LogP contribution in [0.2, 0.25) is 0 Å². The largest absolute Gasteiger partial charge is 0.462 e. The second-order valence-corrected chi connectivity index (χ2v) is 14.7. The Morgan fingerprint density at radius 2 is 1.48 bits per heavy atom. The number of cyclic esters (lactones) is 1. The Bertz CT molecular complexity index is 1090. The van der Waals surface area contributed by atoms with Gasteiger partial charge in [-0.05, 0) is 66.1 Å². The smallest absolute Gasteiger partial charge is 0.311 e. The van der Waals surface area contributed by atoms with Gasteiger partial charge in [0.1, 0.15) is 18.3 Å². The van der Waals surface area contributed by atoms with E-state index in [0.717, 1.165) is 0 Å². The molecule has 0 aromatic carbocycles. The number of likely N-dealkylation sites (N-methyl/N-ethyl adjacent to an activating group) is 1. The lowest BCUT2D eigenvalue weighted by atomic mass is 9.78. The molecule has 0 radical (unpaired) electrons. The van der Waals surface area contributed by atoms with Gasteiger partial charge in [0.2, 0.25) is 0 Å². The van der Waals surface area contributed by atoms with E-state index < -0.39 is 91.1 Å². The first-order valence-electron chi connectivity index (χ1n) is 17.4. The maximum atomic E-state index is 13.8. The Morgan fingerprint density at radius 3 is 2.06 bits per heavy atom. The molecule has 0 spiro atoms. The third kappa shape index (κ3) is 9.35. The number of ether oxygens (including phenoxy) is 6. The van der Waals surface area contributed by atoms with Crippen LogP contribution in [-0.2, 0) is 33.2 Å². The van der Waals surface area contributed by atoms with E-state index in [9.17, 15) is 25.3 Å². The molecule has 48 heavy (non-hydrogen) atoms. The van der Waals surface area contributed by atoms with E-state index in [1.165, 1.54) is 7.11 Å². The Kier molecular flexibility index (Phi) is 14.9. The van der Waals surface area contributed by atoms with Crippen LogP contribution in [0.3, 0.4) is 0 Å². The molecule has 0 aliphatic carbocycles. The van der Waals surface area contributed by atoms with Crippen molar-refractivity contribution < 1.29 is 53.7 Å². The first-order valence-corrected chi connectivity index (χ1v) is 17.4. The van der Waals surface area contributed by atoms with Gasteiger partial charge in [-0.25, -0.2) is 0 Å². The van der Waals surface area contributed by atoms with Gasteiger partial charge in [-0.3, -0.25) is 4.79 Å². The van der Waals surface area contributed by atoms with E-state index in [0.29, 0.717) is 18.4 Å². The Labute approximate surface area is 286 Å². The van der Waals surface area contributed by atoms with Crippen molar-refractivity contribution in [2.75, 3.05) is 21.2 Å². The second-order valence-electron chi connectivity index (χ2n) is 14.7. The van der Waals surface area contributed by atoms with Gasteiger partial charge in [-0.2, -0.15) is 0 Å². The Hall–Kier alpha value is -1.68. The molecule has 13 nitrogen and oxygen atoms in total. The van der Waals surface area contributed by atoms with Gasteiger partial charge in [-0.15, -0.1) is 0 Å². The average Bonchev–Trinajstić information content (AvgIpc) is 3.03. The number of allylic oxidation sites excluding steroid dienone is 1. The first-order chi connectivity index (χ1) is 22.4. The van der Waals surface area contributed by atoms with Gasteiger partial charge < -0.3 is 53.8 Å². The zero-order chi connectivity index (χ0) is 36.2. The van der Waals surface area contributed by atoms with Crippen LogP contribution in [0.4, 0.5) is 0 Å². The monoisotopic (exact) mass is 686 g/mol. The lowest BCUT2D eigenvalue weighted by Crippen LogP contribution is -2.57. The molecule has 278 valence electrons. The van der Waals surface area contributed by atoms with Gasteiger partial charge >= 0.3 is 5.97 Å². The number of aliphatic hydroxyl groups is 3. The van der Waals surface area contributed by atoms with E-state index >= 15 is 0 Å². The van der Waals surface area contributed by atoms with Gasteiger partial charge in [0.15, 0.2) is 12.6 Å². The molecule has 3 aliphatic rings. The molecule has 17 atom stereocenters. The number of carbonyl (C=O) groups excluding carboxylic acids is 1. The van der Waals surface area contributed by atoms with E-state index in [2.05, 4.69) is 11.7 Å². The average molecular weight is 687 g/mol. The van der Waals surface area contributed by atoms with Crippen molar-refractivity contribution in [1.82, 2.24) is 4.90 Å². The minimum atomic E-state index is -1.01. The molecule has 0 amide bonds. The minimum absolute atomic E-state index is 0.195. The van der Waals surface area contributed by atoms with E-state index in [1.54, 1.807) is 34.6 Å². The van der Waals surface area contributed by atoms with Crippen LogP contribution in [-0.4, -0.2) is 132 Å². The highest BCUT2D eigenvalue weighted by molar-refractivity contribution is 6.01. The van der Waals surface area contributed by atoms with Crippen molar-refractivity contribution in [3.8, 4) is 0 Å². The number of carbonyl (C=O) groups is 1. The number of hydrogen-bond donors (Lipinski definition) is 4. The molecular weight excluding hydrogens is 624 g/mol. The lowest BCUT2D eigenvalue weighted by Gasteiger charge is -2.46. The molecule has 3 aliphatic heterocycles. The molecule has 3 fully saturated rings. The highest BCUT2D eigenvalue weighted by Gasteiger charge is 2.47. The molecule has 3 heterocycles. The highest BCUT2D eigenvalue weighted by Crippen LogP contribution is 2.37. The van der Waals surface area contributed by atoms with Crippen molar-refractivity contribution in [2.24, 2.45) is 34.7 Å². The fourth-order valence-electron chi connectivity index (χ4n) is 7.50. The van der Waals surface area contributed by atoms with Crippen LogP contribution >= 0.6 is 0 Å². The maximum absolute atomic E-state index is 13.8. The number of methoxy groups -OCH3 is 1. The number of hydrogen-bond acceptors (Lipinski definition) is 13. The lowest BCUT2D eigenvalue weighted by molar-refractivity contribution is -0.298. The molecule has 13 heteroatoms. The van der Waals surface area contributed by atoms with Crippen LogP contribution in [0.1, 0.15) is 74.7 Å². The fraction of sp³-hybridized carbons (Fsp3) is 0.886. The summed E-state index contributed by atoms with van der Waals surface area (Å²) in [6, 6.07) is -0.216. The summed E-state index contributed by atoms with van der Waals surface area (Å²) in [5.74, 6) is -3.30. The molecule has 4 N–H and O–H groups in total. The van der Waals surface area contributed by atoms with Crippen LogP contribution in [0, 0.1) is 29.6 Å². The van der Waals surface area contributed by atoms with Crippen LogP contribution < -0.4 is 0 Å².